The van der Waals surface area contributed by atoms with Crippen LogP contribution in [0.2, 0.25) is 0 Å². The molecule has 2 N–H and O–H groups in total. The first-order chi connectivity index (χ1) is 9.71. The highest BCUT2D eigenvalue weighted by Crippen LogP contribution is 2.40. The Balaban J connectivity index is 2.87. The molecule has 1 saturated carbocycles. The van der Waals surface area contributed by atoms with Crippen LogP contribution in [0.15, 0.2) is 0 Å². The quantitative estimate of drug-likeness (QED) is 0.733. The monoisotopic (exact) mass is 297 g/mol. The minimum absolute atomic E-state index is 0.230. The average molecular weight is 298 g/mol. The lowest BCUT2D eigenvalue weighted by Gasteiger charge is -2.45. The zero-order chi connectivity index (χ0) is 16.1. The summed E-state index contributed by atoms with van der Waals surface area (Å²) in [7, 11) is 4.33. The molecular weight excluding hydrogens is 258 g/mol. The first-order valence-corrected chi connectivity index (χ1v) is 8.81. The number of hydrogen-bond acceptors (Lipinski definition) is 3. The van der Waals surface area contributed by atoms with Crippen molar-refractivity contribution in [3.63, 3.8) is 0 Å². The minimum Gasteiger partial charge on any atom is -0.329 e. The fourth-order valence-electron chi connectivity index (χ4n) is 3.65. The minimum atomic E-state index is 0.230. The van der Waals surface area contributed by atoms with E-state index in [0.29, 0.717) is 11.3 Å². The van der Waals surface area contributed by atoms with Crippen LogP contribution in [0.25, 0.3) is 0 Å². The maximum absolute atomic E-state index is 6.32. The van der Waals surface area contributed by atoms with Gasteiger partial charge in [-0.3, -0.25) is 4.90 Å². The lowest BCUT2D eigenvalue weighted by Crippen LogP contribution is -2.56. The Kier molecular flexibility index (Phi) is 7.15. The second-order valence-electron chi connectivity index (χ2n) is 8.59. The largest absolute Gasteiger partial charge is 0.329 e. The smallest absolute Gasteiger partial charge is 0.0332 e. The Labute approximate surface area is 133 Å². The molecule has 1 unspecified atom stereocenters. The van der Waals surface area contributed by atoms with Gasteiger partial charge in [0.25, 0.3) is 0 Å². The fraction of sp³-hybridized carbons (Fsp3) is 1.00. The summed E-state index contributed by atoms with van der Waals surface area (Å²) in [4.78, 5) is 5.01. The third kappa shape index (κ3) is 5.88. The van der Waals surface area contributed by atoms with Crippen LogP contribution >= 0.6 is 0 Å². The van der Waals surface area contributed by atoms with Gasteiger partial charge in [-0.2, -0.15) is 0 Å². The van der Waals surface area contributed by atoms with Gasteiger partial charge in [-0.15, -0.1) is 0 Å². The molecule has 0 bridgehead atoms. The number of rotatable bonds is 7. The van der Waals surface area contributed by atoms with Crippen molar-refractivity contribution in [2.24, 2.45) is 17.1 Å². The number of hydrogen-bond donors (Lipinski definition) is 1. The van der Waals surface area contributed by atoms with Crippen LogP contribution in [-0.2, 0) is 0 Å². The molecule has 0 radical (unpaired) electrons. The van der Waals surface area contributed by atoms with Crippen molar-refractivity contribution in [1.29, 1.82) is 0 Å². The molecule has 0 aromatic heterocycles. The topological polar surface area (TPSA) is 32.5 Å². The highest BCUT2D eigenvalue weighted by atomic mass is 15.2. The predicted octanol–water partition coefficient (Wildman–Crippen LogP) is 3.19. The van der Waals surface area contributed by atoms with Gasteiger partial charge < -0.3 is 10.6 Å². The highest BCUT2D eigenvalue weighted by molar-refractivity contribution is 4.96. The maximum atomic E-state index is 6.32. The van der Waals surface area contributed by atoms with Crippen LogP contribution < -0.4 is 5.73 Å². The molecule has 0 aromatic rings. The van der Waals surface area contributed by atoms with Gasteiger partial charge in [0.15, 0.2) is 0 Å². The van der Waals surface area contributed by atoms with E-state index in [1.165, 1.54) is 38.6 Å². The fourth-order valence-corrected chi connectivity index (χ4v) is 3.65. The van der Waals surface area contributed by atoms with Crippen LogP contribution in [0.3, 0.4) is 0 Å². The van der Waals surface area contributed by atoms with Gasteiger partial charge in [0.1, 0.15) is 0 Å². The second kappa shape index (κ2) is 7.94. The van der Waals surface area contributed by atoms with Crippen molar-refractivity contribution in [2.45, 2.75) is 65.3 Å². The summed E-state index contributed by atoms with van der Waals surface area (Å²) in [5, 5.41) is 0. The predicted molar refractivity (Wildman–Crippen MR) is 93.6 cm³/mol. The van der Waals surface area contributed by atoms with E-state index in [-0.39, 0.29) is 5.54 Å². The Bertz CT molecular complexity index is 299. The highest BCUT2D eigenvalue weighted by Gasteiger charge is 2.39. The van der Waals surface area contributed by atoms with E-state index < -0.39 is 0 Å². The summed E-state index contributed by atoms with van der Waals surface area (Å²) in [5.41, 5.74) is 7.04. The van der Waals surface area contributed by atoms with Gasteiger partial charge in [0.05, 0.1) is 0 Å². The zero-order valence-electron chi connectivity index (χ0n) is 15.4. The van der Waals surface area contributed by atoms with E-state index in [0.717, 1.165) is 19.6 Å². The number of likely N-dealkylation sites (N-methyl/N-ethyl adjacent to an activating group) is 1. The van der Waals surface area contributed by atoms with Crippen molar-refractivity contribution in [1.82, 2.24) is 9.80 Å². The molecule has 1 aliphatic rings. The normalized spacial score (nSPS) is 26.6. The Morgan fingerprint density at radius 3 is 2.19 bits per heavy atom. The van der Waals surface area contributed by atoms with Gasteiger partial charge in [-0.25, -0.2) is 0 Å². The molecule has 0 spiro atoms. The summed E-state index contributed by atoms with van der Waals surface area (Å²) < 4.78 is 0. The molecule has 0 saturated heterocycles. The van der Waals surface area contributed by atoms with Crippen LogP contribution in [0.5, 0.6) is 0 Å². The lowest BCUT2D eigenvalue weighted by molar-refractivity contribution is 0.0570. The third-order valence-corrected chi connectivity index (χ3v) is 5.22. The molecule has 126 valence electrons. The van der Waals surface area contributed by atoms with Crippen LogP contribution in [0.4, 0.5) is 0 Å². The molecule has 0 aliphatic heterocycles. The van der Waals surface area contributed by atoms with E-state index in [1.54, 1.807) is 0 Å². The zero-order valence-corrected chi connectivity index (χ0v) is 15.4. The van der Waals surface area contributed by atoms with E-state index in [4.69, 9.17) is 5.73 Å². The molecule has 21 heavy (non-hydrogen) atoms. The standard InChI is InChI=1S/C18H39N3/c1-16(2)14-21(13-12-20(5)6)18(15-19)9-7-8-17(3,4)10-11-18/h16H,7-15,19H2,1-6H3. The SMILES string of the molecule is CC(C)CN(CCN(C)C)C1(CN)CCCC(C)(C)CC1. The molecule has 0 aromatic carbocycles. The van der Waals surface area contributed by atoms with Gasteiger partial charge in [0.2, 0.25) is 0 Å². The summed E-state index contributed by atoms with van der Waals surface area (Å²) in [5.74, 6) is 0.701. The Morgan fingerprint density at radius 1 is 1.00 bits per heavy atom. The number of nitrogens with two attached hydrogens (primary N) is 1. The summed E-state index contributed by atoms with van der Waals surface area (Å²) in [6.07, 6.45) is 6.50. The molecule has 3 heteroatoms. The molecule has 0 amide bonds. The average Bonchev–Trinajstić information content (AvgIpc) is 2.53. The van der Waals surface area contributed by atoms with Gasteiger partial charge in [0, 0.05) is 31.7 Å². The molecule has 1 fully saturated rings. The van der Waals surface area contributed by atoms with E-state index >= 15 is 0 Å². The van der Waals surface area contributed by atoms with Gasteiger partial charge >= 0.3 is 0 Å². The summed E-state index contributed by atoms with van der Waals surface area (Å²) >= 11 is 0. The molecule has 3 nitrogen and oxygen atoms in total. The Hall–Kier alpha value is -0.120. The van der Waals surface area contributed by atoms with E-state index in [2.05, 4.69) is 51.6 Å². The van der Waals surface area contributed by atoms with Crippen molar-refractivity contribution < 1.29 is 0 Å². The molecular formula is C18H39N3. The lowest BCUT2D eigenvalue weighted by atomic mass is 9.82. The molecule has 1 aliphatic carbocycles. The number of nitrogens with zero attached hydrogens (tertiary/aromatic N) is 2. The summed E-state index contributed by atoms with van der Waals surface area (Å²) in [6, 6.07) is 0. The second-order valence-corrected chi connectivity index (χ2v) is 8.59. The Morgan fingerprint density at radius 2 is 1.67 bits per heavy atom. The maximum Gasteiger partial charge on any atom is 0.0332 e. The van der Waals surface area contributed by atoms with Gasteiger partial charge in [-0.1, -0.05) is 34.1 Å². The van der Waals surface area contributed by atoms with Crippen LogP contribution in [0, 0.1) is 11.3 Å². The van der Waals surface area contributed by atoms with Crippen LogP contribution in [-0.4, -0.2) is 55.6 Å². The van der Waals surface area contributed by atoms with E-state index in [1.807, 2.05) is 0 Å². The first-order valence-electron chi connectivity index (χ1n) is 8.81. The van der Waals surface area contributed by atoms with Crippen molar-refractivity contribution >= 4 is 0 Å². The van der Waals surface area contributed by atoms with E-state index in [9.17, 15) is 0 Å². The molecule has 0 heterocycles. The first kappa shape index (κ1) is 18.9. The third-order valence-electron chi connectivity index (χ3n) is 5.22. The van der Waals surface area contributed by atoms with Crippen molar-refractivity contribution in [3.8, 4) is 0 Å². The van der Waals surface area contributed by atoms with Crippen LogP contribution in [0.1, 0.15) is 59.8 Å². The summed E-state index contributed by atoms with van der Waals surface area (Å²) in [6.45, 7) is 13.7. The molecule has 1 atom stereocenters. The molecule has 1 rings (SSSR count). The van der Waals surface area contributed by atoms with Gasteiger partial charge in [-0.05, 0) is 51.1 Å². The van der Waals surface area contributed by atoms with Crippen molar-refractivity contribution in [3.05, 3.63) is 0 Å². The van der Waals surface area contributed by atoms with Crippen molar-refractivity contribution in [2.75, 3.05) is 40.3 Å².